The summed E-state index contributed by atoms with van der Waals surface area (Å²) in [6, 6.07) is 15.5. The molecule has 3 aliphatic heterocycles. The van der Waals surface area contributed by atoms with E-state index in [2.05, 4.69) is 17.1 Å². The number of nitrogens with zero attached hydrogens (tertiary/aromatic N) is 3. The second kappa shape index (κ2) is 12.6. The number of ether oxygens (including phenoxy) is 2. The van der Waals surface area contributed by atoms with E-state index >= 15 is 0 Å². The maximum absolute atomic E-state index is 13.9. The third kappa shape index (κ3) is 6.03. The van der Waals surface area contributed by atoms with E-state index in [4.69, 9.17) is 9.47 Å². The maximum atomic E-state index is 13.9. The topological polar surface area (TPSA) is 91.4 Å². The molecule has 0 unspecified atom stereocenters. The monoisotopic (exact) mass is 548 g/mol. The first-order valence-electron chi connectivity index (χ1n) is 14.6. The molecule has 0 atom stereocenters. The summed E-state index contributed by atoms with van der Waals surface area (Å²) in [6.07, 6.45) is 7.26. The van der Waals surface area contributed by atoms with Crippen LogP contribution in [0.1, 0.15) is 63.9 Å². The predicted octanol–water partition coefficient (Wildman–Crippen LogP) is 4.06. The molecule has 9 heteroatoms. The smallest absolute Gasteiger partial charge is 0.250 e. The van der Waals surface area contributed by atoms with Crippen molar-refractivity contribution < 1.29 is 23.9 Å². The van der Waals surface area contributed by atoms with Crippen LogP contribution in [-0.4, -0.2) is 66.2 Å². The van der Waals surface area contributed by atoms with Gasteiger partial charge >= 0.3 is 0 Å². The molecule has 2 aromatic carbocycles. The number of carbonyl (C=O) groups is 3. The standard InChI is InChI=1S/C31H40N4O5/c1-2-3-4-5-9-12-29(37)33-17-15-31(16-18-33)30(38)34(22-35(31)25-10-7-6-8-11-25)21-28(36)32-20-24-13-14-26-27(19-24)40-23-39-26/h6-8,10-11,13-14,19H,2-5,9,12,15-18,20-23H2,1H3,(H,32,36). The molecule has 40 heavy (non-hydrogen) atoms. The van der Waals surface area contributed by atoms with Crippen molar-refractivity contribution in [1.29, 1.82) is 0 Å². The molecule has 0 aliphatic carbocycles. The van der Waals surface area contributed by atoms with Crippen molar-refractivity contribution in [3.63, 3.8) is 0 Å². The van der Waals surface area contributed by atoms with Crippen LogP contribution < -0.4 is 19.7 Å². The van der Waals surface area contributed by atoms with E-state index in [1.807, 2.05) is 53.4 Å². The highest BCUT2D eigenvalue weighted by Gasteiger charge is 2.54. The number of para-hydroxylation sites is 1. The van der Waals surface area contributed by atoms with Gasteiger partial charge in [-0.25, -0.2) is 0 Å². The van der Waals surface area contributed by atoms with E-state index in [-0.39, 0.29) is 31.1 Å². The number of fused-ring (bicyclic) bond motifs is 1. The lowest BCUT2D eigenvalue weighted by atomic mass is 9.85. The maximum Gasteiger partial charge on any atom is 0.250 e. The van der Waals surface area contributed by atoms with E-state index in [0.29, 0.717) is 57.1 Å². The SMILES string of the molecule is CCCCCCCC(=O)N1CCC2(CC1)C(=O)N(CC(=O)NCc1ccc3c(c1)OCO3)CN2c1ccccc1. The highest BCUT2D eigenvalue weighted by molar-refractivity contribution is 5.96. The first-order chi connectivity index (χ1) is 19.5. The molecule has 0 bridgehead atoms. The molecule has 3 heterocycles. The molecule has 2 aromatic rings. The summed E-state index contributed by atoms with van der Waals surface area (Å²) in [5.74, 6) is 1.29. The summed E-state index contributed by atoms with van der Waals surface area (Å²) in [7, 11) is 0. The van der Waals surface area contributed by atoms with Crippen LogP contribution in [0.15, 0.2) is 48.5 Å². The Morgan fingerprint density at radius 3 is 2.48 bits per heavy atom. The molecule has 1 N–H and O–H groups in total. The average Bonchev–Trinajstić information content (AvgIpc) is 3.55. The first kappa shape index (κ1) is 27.8. The highest BCUT2D eigenvalue weighted by Crippen LogP contribution is 2.39. The lowest BCUT2D eigenvalue weighted by Crippen LogP contribution is -2.57. The quantitative estimate of drug-likeness (QED) is 0.426. The fraction of sp³-hybridized carbons (Fsp3) is 0.516. The summed E-state index contributed by atoms with van der Waals surface area (Å²) in [5, 5.41) is 2.94. The van der Waals surface area contributed by atoms with Crippen LogP contribution in [0.2, 0.25) is 0 Å². The van der Waals surface area contributed by atoms with Gasteiger partial charge in [-0.1, -0.05) is 56.9 Å². The Labute approximate surface area is 236 Å². The Hall–Kier alpha value is -3.75. The molecule has 0 saturated carbocycles. The van der Waals surface area contributed by atoms with Crippen molar-refractivity contribution in [3.8, 4) is 11.5 Å². The zero-order chi connectivity index (χ0) is 28.0. The van der Waals surface area contributed by atoms with Crippen LogP contribution >= 0.6 is 0 Å². The highest BCUT2D eigenvalue weighted by atomic mass is 16.7. The van der Waals surface area contributed by atoms with Crippen molar-refractivity contribution in [2.24, 2.45) is 0 Å². The summed E-state index contributed by atoms with van der Waals surface area (Å²) < 4.78 is 10.8. The fourth-order valence-electron chi connectivity index (χ4n) is 5.97. The summed E-state index contributed by atoms with van der Waals surface area (Å²) in [5.41, 5.74) is 1.10. The second-order valence-electron chi connectivity index (χ2n) is 10.9. The van der Waals surface area contributed by atoms with Crippen molar-refractivity contribution in [1.82, 2.24) is 15.1 Å². The molecule has 1 spiro atoms. The number of unbranched alkanes of at least 4 members (excludes halogenated alkanes) is 4. The summed E-state index contributed by atoms with van der Waals surface area (Å²) in [6.45, 7) is 4.14. The van der Waals surface area contributed by atoms with Crippen molar-refractivity contribution in [2.75, 3.05) is 38.0 Å². The normalized spacial score (nSPS) is 17.5. The number of carbonyl (C=O) groups excluding carboxylic acids is 3. The third-order valence-electron chi connectivity index (χ3n) is 8.28. The van der Waals surface area contributed by atoms with E-state index < -0.39 is 5.54 Å². The minimum atomic E-state index is -0.753. The van der Waals surface area contributed by atoms with E-state index in [1.165, 1.54) is 19.3 Å². The van der Waals surface area contributed by atoms with Gasteiger partial charge in [0.1, 0.15) is 12.1 Å². The van der Waals surface area contributed by atoms with Crippen LogP contribution in [-0.2, 0) is 20.9 Å². The van der Waals surface area contributed by atoms with Gasteiger partial charge in [0, 0.05) is 31.7 Å². The molecular formula is C31H40N4O5. The molecule has 0 aromatic heterocycles. The molecule has 5 rings (SSSR count). The van der Waals surface area contributed by atoms with Gasteiger partial charge in [0.25, 0.3) is 5.91 Å². The number of benzene rings is 2. The number of hydrogen-bond acceptors (Lipinski definition) is 6. The van der Waals surface area contributed by atoms with Crippen LogP contribution in [0, 0.1) is 0 Å². The Kier molecular flexibility index (Phi) is 8.77. The molecule has 3 amide bonds. The lowest BCUT2D eigenvalue weighted by Gasteiger charge is -2.43. The number of likely N-dealkylation sites (tertiary alicyclic amines) is 1. The number of amides is 3. The molecule has 0 radical (unpaired) electrons. The van der Waals surface area contributed by atoms with Crippen LogP contribution in [0.25, 0.3) is 0 Å². The first-order valence-corrected chi connectivity index (χ1v) is 14.6. The Bertz CT molecular complexity index is 1200. The van der Waals surface area contributed by atoms with Gasteiger partial charge in [0.2, 0.25) is 18.6 Å². The van der Waals surface area contributed by atoms with Gasteiger partial charge in [-0.05, 0) is 49.1 Å². The zero-order valence-corrected chi connectivity index (χ0v) is 23.4. The van der Waals surface area contributed by atoms with Crippen molar-refractivity contribution >= 4 is 23.4 Å². The fourth-order valence-corrected chi connectivity index (χ4v) is 5.97. The second-order valence-corrected chi connectivity index (χ2v) is 10.9. The number of piperidine rings is 1. The Morgan fingerprint density at radius 2 is 1.70 bits per heavy atom. The van der Waals surface area contributed by atoms with Gasteiger partial charge < -0.3 is 29.5 Å². The van der Waals surface area contributed by atoms with Gasteiger partial charge in [-0.15, -0.1) is 0 Å². The minimum absolute atomic E-state index is 0.0190. The zero-order valence-electron chi connectivity index (χ0n) is 23.4. The molecular weight excluding hydrogens is 508 g/mol. The largest absolute Gasteiger partial charge is 0.454 e. The van der Waals surface area contributed by atoms with E-state index in [9.17, 15) is 14.4 Å². The van der Waals surface area contributed by atoms with E-state index in [1.54, 1.807) is 4.90 Å². The Morgan fingerprint density at radius 1 is 0.950 bits per heavy atom. The summed E-state index contributed by atoms with van der Waals surface area (Å²) >= 11 is 0. The van der Waals surface area contributed by atoms with Crippen LogP contribution in [0.4, 0.5) is 5.69 Å². The lowest BCUT2D eigenvalue weighted by molar-refractivity contribution is -0.140. The van der Waals surface area contributed by atoms with Gasteiger partial charge in [-0.3, -0.25) is 14.4 Å². The van der Waals surface area contributed by atoms with Crippen molar-refractivity contribution in [2.45, 2.75) is 70.4 Å². The predicted molar refractivity (Wildman–Crippen MR) is 152 cm³/mol. The Balaban J connectivity index is 1.20. The summed E-state index contributed by atoms with van der Waals surface area (Å²) in [4.78, 5) is 45.4. The number of nitrogens with one attached hydrogen (secondary N) is 1. The molecule has 3 aliphatic rings. The number of rotatable bonds is 11. The van der Waals surface area contributed by atoms with E-state index in [0.717, 1.165) is 24.1 Å². The average molecular weight is 549 g/mol. The number of hydrogen-bond donors (Lipinski definition) is 1. The van der Waals surface area contributed by atoms with Gasteiger partial charge in [-0.2, -0.15) is 0 Å². The molecule has 9 nitrogen and oxygen atoms in total. The van der Waals surface area contributed by atoms with Gasteiger partial charge in [0.05, 0.1) is 6.67 Å². The van der Waals surface area contributed by atoms with Gasteiger partial charge in [0.15, 0.2) is 11.5 Å². The minimum Gasteiger partial charge on any atom is -0.454 e. The molecule has 214 valence electrons. The van der Waals surface area contributed by atoms with Crippen LogP contribution in [0.5, 0.6) is 11.5 Å². The molecule has 2 saturated heterocycles. The van der Waals surface area contributed by atoms with Crippen LogP contribution in [0.3, 0.4) is 0 Å². The molecule has 2 fully saturated rings. The van der Waals surface area contributed by atoms with Crippen molar-refractivity contribution in [3.05, 3.63) is 54.1 Å². The third-order valence-corrected chi connectivity index (χ3v) is 8.28. The number of anilines is 1.